The van der Waals surface area contributed by atoms with Gasteiger partial charge in [0.1, 0.15) is 10.6 Å². The molecule has 0 aliphatic carbocycles. The Balaban J connectivity index is 1.42. The number of hydrogen-bond donors (Lipinski definition) is 0. The first-order valence-corrected chi connectivity index (χ1v) is 15.0. The number of piperazine rings is 1. The van der Waals surface area contributed by atoms with Gasteiger partial charge in [-0.1, -0.05) is 35.5 Å². The van der Waals surface area contributed by atoms with Crippen molar-refractivity contribution in [1.29, 1.82) is 0 Å². The maximum absolute atomic E-state index is 14.1. The first kappa shape index (κ1) is 27.4. The highest BCUT2D eigenvalue weighted by atomic mass is 32.2. The highest BCUT2D eigenvalue weighted by Gasteiger charge is 2.47. The van der Waals surface area contributed by atoms with Crippen molar-refractivity contribution in [2.75, 3.05) is 44.2 Å². The normalized spacial score (nSPS) is 20.6. The van der Waals surface area contributed by atoms with Crippen LogP contribution in [0.2, 0.25) is 0 Å². The molecule has 1 amide bonds. The zero-order valence-corrected chi connectivity index (χ0v) is 24.5. The molecule has 0 spiro atoms. The second-order valence-corrected chi connectivity index (χ2v) is 13.0. The van der Waals surface area contributed by atoms with Crippen molar-refractivity contribution in [2.24, 2.45) is 5.92 Å². The van der Waals surface area contributed by atoms with Gasteiger partial charge in [-0.15, -0.1) is 0 Å². The Morgan fingerprint density at radius 2 is 1.56 bits per heavy atom. The lowest BCUT2D eigenvalue weighted by Crippen LogP contribution is -2.51. The molecule has 0 radical (unpaired) electrons. The van der Waals surface area contributed by atoms with Crippen LogP contribution in [0.15, 0.2) is 45.8 Å². The molecule has 2 aromatic carbocycles. The van der Waals surface area contributed by atoms with Gasteiger partial charge < -0.3 is 14.3 Å². The predicted molar refractivity (Wildman–Crippen MR) is 152 cm³/mol. The van der Waals surface area contributed by atoms with E-state index in [2.05, 4.69) is 42.1 Å². The zero-order chi connectivity index (χ0) is 28.1. The van der Waals surface area contributed by atoms with Crippen LogP contribution in [0.5, 0.6) is 0 Å². The molecule has 1 aromatic heterocycles. The van der Waals surface area contributed by atoms with Crippen LogP contribution in [0.25, 0.3) is 0 Å². The lowest BCUT2D eigenvalue weighted by atomic mass is 9.83. The largest absolute Gasteiger partial charge is 0.368 e. The Labute approximate surface area is 231 Å². The molecular weight excluding hydrogens is 512 g/mol. The number of benzene rings is 2. The number of aromatic nitrogens is 1. The fraction of sp³-hybridized carbons (Fsp3) is 0.467. The van der Waals surface area contributed by atoms with E-state index in [1.807, 2.05) is 36.9 Å². The Bertz CT molecular complexity index is 1470. The van der Waals surface area contributed by atoms with Gasteiger partial charge >= 0.3 is 0 Å². The third-order valence-electron chi connectivity index (χ3n) is 8.38. The molecule has 0 saturated carbocycles. The fourth-order valence-corrected chi connectivity index (χ4v) is 8.14. The standard InChI is InChI=1S/C30H38N4O4S/c1-19-10-11-20(2)27(16-19)32-12-14-33(15-13-32)30(35)26-18-34(39(36,37)29-23(5)31-38-24(29)6)17-25(26)28-21(3)8-7-9-22(28)4/h7-11,16,25-26H,12-15,17-18H2,1-6H3/t25-,26-/m1/s1. The summed E-state index contributed by atoms with van der Waals surface area (Å²) in [5.74, 6) is -0.397. The van der Waals surface area contributed by atoms with Gasteiger partial charge in [0.05, 0.1) is 5.92 Å². The summed E-state index contributed by atoms with van der Waals surface area (Å²) < 4.78 is 34.2. The van der Waals surface area contributed by atoms with Crippen molar-refractivity contribution >= 4 is 21.6 Å². The van der Waals surface area contributed by atoms with Gasteiger partial charge in [-0.2, -0.15) is 4.31 Å². The van der Waals surface area contributed by atoms with E-state index < -0.39 is 15.9 Å². The molecule has 5 rings (SSSR count). The van der Waals surface area contributed by atoms with Gasteiger partial charge in [-0.25, -0.2) is 8.42 Å². The van der Waals surface area contributed by atoms with Crippen molar-refractivity contribution in [1.82, 2.24) is 14.4 Å². The molecule has 9 heteroatoms. The summed E-state index contributed by atoms with van der Waals surface area (Å²) in [7, 11) is -3.88. The van der Waals surface area contributed by atoms with Crippen molar-refractivity contribution in [3.05, 3.63) is 75.7 Å². The molecular formula is C30H38N4O4S. The second kappa shape index (κ2) is 10.4. The van der Waals surface area contributed by atoms with Crippen LogP contribution < -0.4 is 4.90 Å². The van der Waals surface area contributed by atoms with E-state index in [9.17, 15) is 13.2 Å². The number of aryl methyl sites for hydroxylation is 6. The topological polar surface area (TPSA) is 87.0 Å². The number of carbonyl (C=O) groups excluding carboxylic acids is 1. The molecule has 0 bridgehead atoms. The van der Waals surface area contributed by atoms with Gasteiger partial charge in [-0.05, 0) is 75.4 Å². The van der Waals surface area contributed by atoms with Gasteiger partial charge in [-0.3, -0.25) is 4.79 Å². The summed E-state index contributed by atoms with van der Waals surface area (Å²) in [5, 5.41) is 3.87. The Hall–Kier alpha value is -3.17. The van der Waals surface area contributed by atoms with Gasteiger partial charge in [0.15, 0.2) is 5.76 Å². The molecule has 3 aromatic rings. The zero-order valence-electron chi connectivity index (χ0n) is 23.7. The van der Waals surface area contributed by atoms with Crippen LogP contribution in [-0.4, -0.2) is 68.0 Å². The third kappa shape index (κ3) is 4.98. The number of amides is 1. The minimum atomic E-state index is -3.88. The molecule has 2 atom stereocenters. The van der Waals surface area contributed by atoms with E-state index in [1.54, 1.807) is 13.8 Å². The van der Waals surface area contributed by atoms with Crippen molar-refractivity contribution in [3.63, 3.8) is 0 Å². The lowest BCUT2D eigenvalue weighted by Gasteiger charge is -2.38. The lowest BCUT2D eigenvalue weighted by molar-refractivity contribution is -0.135. The fourth-order valence-electron chi connectivity index (χ4n) is 6.35. The van der Waals surface area contributed by atoms with Crippen LogP contribution in [0, 0.1) is 47.5 Å². The average molecular weight is 551 g/mol. The minimum absolute atomic E-state index is 0.0275. The van der Waals surface area contributed by atoms with E-state index in [1.165, 1.54) is 21.1 Å². The number of rotatable bonds is 5. The summed E-state index contributed by atoms with van der Waals surface area (Å²) in [5.41, 5.74) is 7.23. The average Bonchev–Trinajstić information content (AvgIpc) is 3.49. The summed E-state index contributed by atoms with van der Waals surface area (Å²) in [6.45, 7) is 14.7. The molecule has 0 unspecified atom stereocenters. The minimum Gasteiger partial charge on any atom is -0.368 e. The number of hydrogen-bond acceptors (Lipinski definition) is 6. The monoisotopic (exact) mass is 550 g/mol. The quantitative estimate of drug-likeness (QED) is 0.471. The molecule has 8 nitrogen and oxygen atoms in total. The smallest absolute Gasteiger partial charge is 0.248 e. The van der Waals surface area contributed by atoms with Crippen molar-refractivity contribution in [2.45, 2.75) is 52.4 Å². The maximum atomic E-state index is 14.1. The Morgan fingerprint density at radius 1 is 0.897 bits per heavy atom. The van der Waals surface area contributed by atoms with Crippen LogP contribution >= 0.6 is 0 Å². The summed E-state index contributed by atoms with van der Waals surface area (Å²) in [6.07, 6.45) is 0. The Kier molecular flexibility index (Phi) is 7.33. The number of sulfonamides is 1. The number of nitrogens with zero attached hydrogens (tertiary/aromatic N) is 4. The predicted octanol–water partition coefficient (Wildman–Crippen LogP) is 4.28. The second-order valence-electron chi connectivity index (χ2n) is 11.1. The van der Waals surface area contributed by atoms with Crippen molar-refractivity contribution < 1.29 is 17.7 Å². The molecule has 39 heavy (non-hydrogen) atoms. The van der Waals surface area contributed by atoms with E-state index in [4.69, 9.17) is 4.52 Å². The number of carbonyl (C=O) groups is 1. The van der Waals surface area contributed by atoms with Gasteiger partial charge in [0.2, 0.25) is 15.9 Å². The van der Waals surface area contributed by atoms with E-state index >= 15 is 0 Å². The summed E-state index contributed by atoms with van der Waals surface area (Å²) in [4.78, 5) is 18.5. The van der Waals surface area contributed by atoms with E-state index in [-0.39, 0.29) is 35.6 Å². The van der Waals surface area contributed by atoms with Gasteiger partial charge in [0, 0.05) is 50.9 Å². The molecule has 2 aliphatic heterocycles. The highest BCUT2D eigenvalue weighted by Crippen LogP contribution is 2.40. The summed E-state index contributed by atoms with van der Waals surface area (Å²) >= 11 is 0. The Morgan fingerprint density at radius 3 is 2.18 bits per heavy atom. The molecule has 2 aliphatic rings. The molecule has 208 valence electrons. The summed E-state index contributed by atoms with van der Waals surface area (Å²) in [6, 6.07) is 12.6. The van der Waals surface area contributed by atoms with E-state index in [0.29, 0.717) is 18.8 Å². The molecule has 2 saturated heterocycles. The van der Waals surface area contributed by atoms with Crippen LogP contribution in [0.3, 0.4) is 0 Å². The number of anilines is 1. The van der Waals surface area contributed by atoms with Crippen LogP contribution in [-0.2, 0) is 14.8 Å². The first-order valence-electron chi connectivity index (χ1n) is 13.6. The molecule has 3 heterocycles. The van der Waals surface area contributed by atoms with Crippen LogP contribution in [0.4, 0.5) is 5.69 Å². The van der Waals surface area contributed by atoms with Gasteiger partial charge in [0.25, 0.3) is 0 Å². The SMILES string of the molecule is Cc1ccc(C)c(N2CCN(C(=O)[C@@H]3CN(S(=O)(=O)c4c(C)noc4C)C[C@H]3c3c(C)cccc3C)CC2)c1. The molecule has 0 N–H and O–H groups in total. The first-order chi connectivity index (χ1) is 18.5. The van der Waals surface area contributed by atoms with E-state index in [0.717, 1.165) is 29.8 Å². The van der Waals surface area contributed by atoms with Crippen molar-refractivity contribution in [3.8, 4) is 0 Å². The van der Waals surface area contributed by atoms with Crippen LogP contribution in [0.1, 0.15) is 45.2 Å². The molecule has 2 fully saturated rings. The third-order valence-corrected chi connectivity index (χ3v) is 10.5. The highest BCUT2D eigenvalue weighted by molar-refractivity contribution is 7.89. The maximum Gasteiger partial charge on any atom is 0.248 e.